The highest BCUT2D eigenvalue weighted by Crippen LogP contribution is 2.37. The Hall–Kier alpha value is -4.85. The first-order valence-corrected chi connectivity index (χ1v) is 14.8. The fourth-order valence-electron chi connectivity index (χ4n) is 5.41. The number of para-hydroxylation sites is 1. The smallest absolute Gasteiger partial charge is 0.310 e. The molecule has 0 amide bonds. The van der Waals surface area contributed by atoms with E-state index in [1.807, 2.05) is 92.7 Å². The molecule has 216 valence electrons. The fraction of sp³-hybridized carbons (Fsp3) is 0.162. The van der Waals surface area contributed by atoms with Crippen LogP contribution in [0.2, 0.25) is 0 Å². The molecular formula is C37H32BN3O3. The summed E-state index contributed by atoms with van der Waals surface area (Å²) in [7, 11) is 0.352. The molecule has 0 spiro atoms. The molecule has 7 aromatic rings. The number of hydrogen-bond acceptors (Lipinski definition) is 6. The number of nitrogens with zero attached hydrogens (tertiary/aromatic N) is 3. The third-order valence-corrected chi connectivity index (χ3v) is 8.63. The SMILES string of the molecule is CC(C)(O)C(C)(C)OBc1ccc(-c2nc(-c3ccccc3)nc(-c3cccc4oc5ccccc5c34)n2)c2ccccc12. The molecular weight excluding hydrogens is 545 g/mol. The van der Waals surface area contributed by atoms with E-state index in [0.29, 0.717) is 25.0 Å². The zero-order valence-corrected chi connectivity index (χ0v) is 25.2. The summed E-state index contributed by atoms with van der Waals surface area (Å²) < 4.78 is 12.4. The standard InChI is InChI=1S/C37H32BN3O3/c1-36(2,42)37(3,4)44-38-29-22-21-26(24-15-8-9-16-25(24)29)34-39-33(23-13-6-5-7-14-23)40-35(41-34)28-18-12-20-31-32(28)27-17-10-11-19-30(27)43-31/h5-22,38,42H,1-4H3. The quantitative estimate of drug-likeness (QED) is 0.198. The lowest BCUT2D eigenvalue weighted by Gasteiger charge is -2.37. The molecule has 2 heterocycles. The number of fused-ring (bicyclic) bond motifs is 4. The lowest BCUT2D eigenvalue weighted by atomic mass is 9.79. The molecule has 0 unspecified atom stereocenters. The molecule has 0 radical (unpaired) electrons. The van der Waals surface area contributed by atoms with E-state index in [1.54, 1.807) is 13.8 Å². The number of rotatable bonds is 7. The minimum atomic E-state index is -0.999. The Bertz CT molecular complexity index is 2150. The van der Waals surface area contributed by atoms with Crippen LogP contribution in [0.5, 0.6) is 0 Å². The second-order valence-corrected chi connectivity index (χ2v) is 12.1. The van der Waals surface area contributed by atoms with Gasteiger partial charge in [-0.15, -0.1) is 0 Å². The summed E-state index contributed by atoms with van der Waals surface area (Å²) >= 11 is 0. The first-order chi connectivity index (χ1) is 21.2. The van der Waals surface area contributed by atoms with Gasteiger partial charge in [-0.25, -0.2) is 15.0 Å². The van der Waals surface area contributed by atoms with Gasteiger partial charge in [0.15, 0.2) is 17.5 Å². The Morgan fingerprint density at radius 2 is 1.20 bits per heavy atom. The van der Waals surface area contributed by atoms with E-state index >= 15 is 0 Å². The molecule has 1 N–H and O–H groups in total. The highest BCUT2D eigenvalue weighted by molar-refractivity contribution is 6.51. The molecule has 0 saturated heterocycles. The van der Waals surface area contributed by atoms with Crippen molar-refractivity contribution in [3.05, 3.63) is 109 Å². The summed E-state index contributed by atoms with van der Waals surface area (Å²) in [4.78, 5) is 15.1. The van der Waals surface area contributed by atoms with Gasteiger partial charge in [-0.1, -0.05) is 97.1 Å². The largest absolute Gasteiger partial charge is 0.456 e. The van der Waals surface area contributed by atoms with Crippen molar-refractivity contribution < 1.29 is 14.2 Å². The van der Waals surface area contributed by atoms with E-state index in [2.05, 4.69) is 30.3 Å². The van der Waals surface area contributed by atoms with Gasteiger partial charge in [0.05, 0.1) is 11.2 Å². The van der Waals surface area contributed by atoms with Gasteiger partial charge in [0.1, 0.15) is 11.2 Å². The van der Waals surface area contributed by atoms with Gasteiger partial charge in [0.2, 0.25) is 0 Å². The number of furan rings is 1. The van der Waals surface area contributed by atoms with Crippen molar-refractivity contribution >= 4 is 45.7 Å². The third kappa shape index (κ3) is 4.94. The van der Waals surface area contributed by atoms with Gasteiger partial charge in [0, 0.05) is 27.5 Å². The Balaban J connectivity index is 1.42. The third-order valence-electron chi connectivity index (χ3n) is 8.63. The van der Waals surface area contributed by atoms with Crippen LogP contribution >= 0.6 is 0 Å². The van der Waals surface area contributed by atoms with Gasteiger partial charge in [-0.05, 0) is 56.1 Å². The van der Waals surface area contributed by atoms with Gasteiger partial charge >= 0.3 is 7.48 Å². The second-order valence-electron chi connectivity index (χ2n) is 12.1. The van der Waals surface area contributed by atoms with Gasteiger partial charge in [-0.3, -0.25) is 0 Å². The van der Waals surface area contributed by atoms with Crippen LogP contribution in [0.4, 0.5) is 0 Å². The Morgan fingerprint density at radius 3 is 1.95 bits per heavy atom. The van der Waals surface area contributed by atoms with Crippen molar-refractivity contribution in [1.82, 2.24) is 15.0 Å². The van der Waals surface area contributed by atoms with Gasteiger partial charge in [0.25, 0.3) is 0 Å². The van der Waals surface area contributed by atoms with E-state index in [1.165, 1.54) is 0 Å². The molecule has 0 aliphatic carbocycles. The first-order valence-electron chi connectivity index (χ1n) is 14.8. The van der Waals surface area contributed by atoms with Gasteiger partial charge in [-0.2, -0.15) is 0 Å². The summed E-state index contributed by atoms with van der Waals surface area (Å²) in [6, 6.07) is 36.4. The van der Waals surface area contributed by atoms with Gasteiger partial charge < -0.3 is 14.2 Å². The number of benzene rings is 5. The lowest BCUT2D eigenvalue weighted by Crippen LogP contribution is -2.49. The van der Waals surface area contributed by atoms with Crippen molar-refractivity contribution in [2.75, 3.05) is 0 Å². The van der Waals surface area contributed by atoms with Crippen molar-refractivity contribution in [1.29, 1.82) is 0 Å². The van der Waals surface area contributed by atoms with Crippen LogP contribution in [-0.4, -0.2) is 38.7 Å². The molecule has 0 aliphatic heterocycles. The summed E-state index contributed by atoms with van der Waals surface area (Å²) in [5.74, 6) is 1.76. The monoisotopic (exact) mass is 577 g/mol. The van der Waals surface area contributed by atoms with Crippen molar-refractivity contribution in [2.45, 2.75) is 38.9 Å². The molecule has 0 bridgehead atoms. The van der Waals surface area contributed by atoms with Crippen LogP contribution in [-0.2, 0) is 4.65 Å². The molecule has 0 fully saturated rings. The fourth-order valence-corrected chi connectivity index (χ4v) is 5.41. The average molecular weight is 577 g/mol. The minimum absolute atomic E-state index is 0.352. The zero-order valence-electron chi connectivity index (χ0n) is 25.2. The molecule has 2 aromatic heterocycles. The van der Waals surface area contributed by atoms with E-state index < -0.39 is 11.2 Å². The maximum atomic E-state index is 10.6. The summed E-state index contributed by atoms with van der Waals surface area (Å²) in [6.45, 7) is 7.35. The van der Waals surface area contributed by atoms with Crippen LogP contribution in [0.15, 0.2) is 114 Å². The van der Waals surface area contributed by atoms with E-state index in [-0.39, 0.29) is 0 Å². The topological polar surface area (TPSA) is 81.3 Å². The molecule has 0 saturated carbocycles. The highest BCUT2D eigenvalue weighted by atomic mass is 16.5. The molecule has 7 rings (SSSR count). The van der Waals surface area contributed by atoms with E-state index in [4.69, 9.17) is 24.0 Å². The Labute approximate surface area is 256 Å². The second kappa shape index (κ2) is 10.7. The van der Waals surface area contributed by atoms with E-state index in [0.717, 1.165) is 54.9 Å². The molecule has 6 nitrogen and oxygen atoms in total. The molecule has 0 atom stereocenters. The summed E-state index contributed by atoms with van der Waals surface area (Å²) in [6.07, 6.45) is 0. The minimum Gasteiger partial charge on any atom is -0.456 e. The van der Waals surface area contributed by atoms with E-state index in [9.17, 15) is 5.11 Å². The van der Waals surface area contributed by atoms with Crippen molar-refractivity contribution in [3.63, 3.8) is 0 Å². The number of hydrogen-bond donors (Lipinski definition) is 1. The van der Waals surface area contributed by atoms with Crippen molar-refractivity contribution in [2.24, 2.45) is 0 Å². The maximum absolute atomic E-state index is 10.6. The van der Waals surface area contributed by atoms with Crippen LogP contribution in [0.3, 0.4) is 0 Å². The van der Waals surface area contributed by atoms with Crippen LogP contribution in [0.25, 0.3) is 66.9 Å². The van der Waals surface area contributed by atoms with Crippen LogP contribution in [0, 0.1) is 0 Å². The lowest BCUT2D eigenvalue weighted by molar-refractivity contribution is -0.0893. The molecule has 0 aliphatic rings. The molecule has 7 heteroatoms. The molecule has 5 aromatic carbocycles. The predicted octanol–water partition coefficient (Wildman–Crippen LogP) is 7.47. The Kier molecular flexibility index (Phi) is 6.80. The normalized spacial score (nSPS) is 12.3. The van der Waals surface area contributed by atoms with Crippen LogP contribution in [0.1, 0.15) is 27.7 Å². The Morgan fingerprint density at radius 1 is 0.591 bits per heavy atom. The van der Waals surface area contributed by atoms with Crippen molar-refractivity contribution in [3.8, 4) is 34.2 Å². The summed E-state index contributed by atoms with van der Waals surface area (Å²) in [5.41, 5.74) is 3.59. The highest BCUT2D eigenvalue weighted by Gasteiger charge is 2.35. The predicted molar refractivity (Wildman–Crippen MR) is 179 cm³/mol. The maximum Gasteiger partial charge on any atom is 0.310 e. The zero-order chi connectivity index (χ0) is 30.5. The molecule has 44 heavy (non-hydrogen) atoms. The summed E-state index contributed by atoms with van der Waals surface area (Å²) in [5, 5.41) is 14.7. The average Bonchev–Trinajstić information content (AvgIpc) is 3.42. The first kappa shape index (κ1) is 28.0. The van der Waals surface area contributed by atoms with Crippen LogP contribution < -0.4 is 5.46 Å². The number of aromatic nitrogens is 3. The number of aliphatic hydroxyl groups is 1.